The first kappa shape index (κ1) is 20.1. The van der Waals surface area contributed by atoms with Gasteiger partial charge in [0, 0.05) is 0 Å². The van der Waals surface area contributed by atoms with Crippen molar-refractivity contribution < 1.29 is 34.8 Å². The fourth-order valence-electron chi connectivity index (χ4n) is 2.45. The quantitative estimate of drug-likeness (QED) is 0.699. The Hall–Kier alpha value is -2.69. The van der Waals surface area contributed by atoms with Crippen LogP contribution in [0.25, 0.3) is 0 Å². The fraction of sp³-hybridized carbons (Fsp3) is 0.176. The smallest absolute Gasteiger partial charge is 0.241 e. The fourth-order valence-corrected chi connectivity index (χ4v) is 3.39. The van der Waals surface area contributed by atoms with Crippen molar-refractivity contribution in [3.05, 3.63) is 71.3 Å². The summed E-state index contributed by atoms with van der Waals surface area (Å²) >= 11 is 0. The largest absolute Gasteiger partial charge is 0.411 e. The molecule has 1 aliphatic heterocycles. The molecule has 0 N–H and O–H groups in total. The van der Waals surface area contributed by atoms with E-state index in [2.05, 4.69) is 9.98 Å². The summed E-state index contributed by atoms with van der Waals surface area (Å²) in [5.74, 6) is -1.25. The molecule has 28 heavy (non-hydrogen) atoms. The second-order valence-electron chi connectivity index (χ2n) is 5.74. The first-order valence-corrected chi connectivity index (χ1v) is 9.10. The standard InChI is InChI=1S/C17H10F6N2O2S/c18-11-5-1-9(2-6-11)13-14(10-3-7-12(19)8-4-10)25-16(24-13)28(26,27)17(22,23)15(20)21/h1-8,13,15H. The maximum absolute atomic E-state index is 13.6. The molecule has 1 unspecified atom stereocenters. The number of sulfone groups is 1. The molecule has 2 aromatic carbocycles. The van der Waals surface area contributed by atoms with Gasteiger partial charge in [-0.2, -0.15) is 8.78 Å². The summed E-state index contributed by atoms with van der Waals surface area (Å²) in [6.45, 7) is 0. The molecule has 0 bridgehead atoms. The molecule has 0 fully saturated rings. The van der Waals surface area contributed by atoms with Crippen molar-refractivity contribution in [2.45, 2.75) is 17.7 Å². The van der Waals surface area contributed by atoms with E-state index in [1.807, 2.05) is 0 Å². The molecule has 1 heterocycles. The first-order chi connectivity index (χ1) is 13.0. The third-order valence-electron chi connectivity index (χ3n) is 3.89. The molecule has 1 atom stereocenters. The molecule has 0 amide bonds. The summed E-state index contributed by atoms with van der Waals surface area (Å²) < 4.78 is 103. The van der Waals surface area contributed by atoms with Crippen molar-refractivity contribution in [1.29, 1.82) is 0 Å². The van der Waals surface area contributed by atoms with Crippen molar-refractivity contribution in [3.8, 4) is 0 Å². The SMILES string of the molecule is O=S(=O)(C1=NC(c2ccc(F)cc2)C(c2ccc(F)cc2)=N1)C(F)(F)C(F)F. The minimum absolute atomic E-state index is 0.130. The Morgan fingerprint density at radius 2 is 1.39 bits per heavy atom. The van der Waals surface area contributed by atoms with Crippen LogP contribution in [0.15, 0.2) is 58.5 Å². The summed E-state index contributed by atoms with van der Waals surface area (Å²) in [6, 6.07) is 7.60. The molecule has 0 saturated heterocycles. The van der Waals surface area contributed by atoms with E-state index in [4.69, 9.17) is 0 Å². The molecule has 3 rings (SSSR count). The van der Waals surface area contributed by atoms with Gasteiger partial charge in [-0.15, -0.1) is 0 Å². The van der Waals surface area contributed by atoms with Crippen LogP contribution >= 0.6 is 0 Å². The molecule has 0 spiro atoms. The third-order valence-corrected chi connectivity index (χ3v) is 5.47. The van der Waals surface area contributed by atoms with Crippen LogP contribution in [0.2, 0.25) is 0 Å². The van der Waals surface area contributed by atoms with Crippen molar-refractivity contribution in [2.24, 2.45) is 9.98 Å². The van der Waals surface area contributed by atoms with Crippen molar-refractivity contribution in [2.75, 3.05) is 0 Å². The minimum atomic E-state index is -5.90. The molecule has 1 aliphatic rings. The van der Waals surface area contributed by atoms with Crippen LogP contribution in [-0.2, 0) is 9.84 Å². The lowest BCUT2D eigenvalue weighted by molar-refractivity contribution is -0.0624. The van der Waals surface area contributed by atoms with Gasteiger partial charge in [-0.25, -0.2) is 36.0 Å². The number of amidine groups is 1. The van der Waals surface area contributed by atoms with E-state index in [0.717, 1.165) is 24.3 Å². The zero-order valence-electron chi connectivity index (χ0n) is 13.7. The predicted molar refractivity (Wildman–Crippen MR) is 89.4 cm³/mol. The van der Waals surface area contributed by atoms with E-state index < -0.39 is 44.4 Å². The summed E-state index contributed by atoms with van der Waals surface area (Å²) in [6.07, 6.45) is -4.49. The number of hydrogen-bond donors (Lipinski definition) is 0. The number of halogens is 6. The number of nitrogens with zero attached hydrogens (tertiary/aromatic N) is 2. The van der Waals surface area contributed by atoms with Crippen LogP contribution in [0.3, 0.4) is 0 Å². The van der Waals surface area contributed by atoms with Gasteiger partial charge in [0.25, 0.3) is 9.84 Å². The number of hydrogen-bond acceptors (Lipinski definition) is 4. The van der Waals surface area contributed by atoms with Crippen molar-refractivity contribution in [3.63, 3.8) is 0 Å². The molecule has 0 aliphatic carbocycles. The Bertz CT molecular complexity index is 1050. The second-order valence-corrected chi connectivity index (χ2v) is 7.65. The Morgan fingerprint density at radius 1 is 0.893 bits per heavy atom. The number of rotatable bonds is 4. The maximum Gasteiger partial charge on any atom is 0.411 e. The second kappa shape index (κ2) is 7.04. The van der Waals surface area contributed by atoms with Gasteiger partial charge in [-0.3, -0.25) is 0 Å². The minimum Gasteiger partial charge on any atom is -0.241 e. The van der Waals surface area contributed by atoms with Gasteiger partial charge in [0.1, 0.15) is 17.7 Å². The third kappa shape index (κ3) is 3.41. The average Bonchev–Trinajstić information content (AvgIpc) is 3.08. The van der Waals surface area contributed by atoms with Gasteiger partial charge >= 0.3 is 11.7 Å². The van der Waals surface area contributed by atoms with Crippen LogP contribution in [0.5, 0.6) is 0 Å². The number of benzene rings is 2. The normalized spacial score (nSPS) is 17.6. The van der Waals surface area contributed by atoms with Crippen LogP contribution in [0.1, 0.15) is 17.2 Å². The zero-order chi connectivity index (χ0) is 20.7. The molecule has 11 heteroatoms. The summed E-state index contributed by atoms with van der Waals surface area (Å²) in [7, 11) is -5.90. The van der Waals surface area contributed by atoms with Crippen LogP contribution in [0.4, 0.5) is 26.3 Å². The molecule has 148 valence electrons. The maximum atomic E-state index is 13.6. The Balaban J connectivity index is 2.14. The van der Waals surface area contributed by atoms with Gasteiger partial charge in [-0.1, -0.05) is 24.3 Å². The topological polar surface area (TPSA) is 58.9 Å². The van der Waals surface area contributed by atoms with Gasteiger partial charge in [0.05, 0.1) is 5.71 Å². The highest BCUT2D eigenvalue weighted by Crippen LogP contribution is 2.36. The summed E-state index contributed by atoms with van der Waals surface area (Å²) in [4.78, 5) is 7.12. The highest BCUT2D eigenvalue weighted by molar-refractivity contribution is 8.07. The molecular formula is C17H10F6N2O2S. The average molecular weight is 420 g/mol. The van der Waals surface area contributed by atoms with E-state index in [0.29, 0.717) is 0 Å². The monoisotopic (exact) mass is 420 g/mol. The summed E-state index contributed by atoms with van der Waals surface area (Å²) in [5.41, 5.74) is 0.121. The summed E-state index contributed by atoms with van der Waals surface area (Å²) in [5, 5.41) is -6.88. The number of alkyl halides is 4. The Kier molecular flexibility index (Phi) is 5.04. The lowest BCUT2D eigenvalue weighted by atomic mass is 9.97. The van der Waals surface area contributed by atoms with Gasteiger partial charge in [0.15, 0.2) is 0 Å². The van der Waals surface area contributed by atoms with Gasteiger partial charge in [0.2, 0.25) is 5.17 Å². The van der Waals surface area contributed by atoms with Gasteiger partial charge < -0.3 is 0 Å². The number of aliphatic imine (C=N–C) groups is 2. The molecule has 2 aromatic rings. The lowest BCUT2D eigenvalue weighted by Crippen LogP contribution is -2.40. The Labute approximate surface area is 155 Å². The Morgan fingerprint density at radius 3 is 1.89 bits per heavy atom. The van der Waals surface area contributed by atoms with E-state index in [-0.39, 0.29) is 16.8 Å². The molecule has 0 aromatic heterocycles. The van der Waals surface area contributed by atoms with Gasteiger partial charge in [-0.05, 0) is 35.4 Å². The highest BCUT2D eigenvalue weighted by atomic mass is 32.2. The van der Waals surface area contributed by atoms with Crippen molar-refractivity contribution >= 4 is 20.7 Å². The molecule has 0 saturated carbocycles. The van der Waals surface area contributed by atoms with Crippen LogP contribution in [0, 0.1) is 11.6 Å². The molecule has 0 radical (unpaired) electrons. The van der Waals surface area contributed by atoms with E-state index in [9.17, 15) is 34.8 Å². The van der Waals surface area contributed by atoms with E-state index in [1.165, 1.54) is 24.3 Å². The lowest BCUT2D eigenvalue weighted by Gasteiger charge is -2.14. The molecule has 4 nitrogen and oxygen atoms in total. The van der Waals surface area contributed by atoms with E-state index >= 15 is 0 Å². The first-order valence-electron chi connectivity index (χ1n) is 7.62. The van der Waals surface area contributed by atoms with Crippen LogP contribution in [-0.4, -0.2) is 31.0 Å². The molecular weight excluding hydrogens is 410 g/mol. The predicted octanol–water partition coefficient (Wildman–Crippen LogP) is 4.14. The van der Waals surface area contributed by atoms with E-state index in [1.54, 1.807) is 0 Å². The highest BCUT2D eigenvalue weighted by Gasteiger charge is 2.57. The van der Waals surface area contributed by atoms with Crippen LogP contribution < -0.4 is 0 Å². The van der Waals surface area contributed by atoms with Crippen molar-refractivity contribution in [1.82, 2.24) is 0 Å². The zero-order valence-corrected chi connectivity index (χ0v) is 14.5.